The quantitative estimate of drug-likeness (QED) is 0.0222. The zero-order chi connectivity index (χ0) is 62.8. The minimum Gasteiger partial charge on any atom is -0.462 e. The summed E-state index contributed by atoms with van der Waals surface area (Å²) in [6.07, 6.45) is 44.5. The third-order valence-electron chi connectivity index (χ3n) is 15.3. The average molecular weight is 1260 g/mol. The number of aliphatic hydroxyl groups excluding tert-OH is 1. The Kier molecular flexibility index (Phi) is 58.3. The summed E-state index contributed by atoms with van der Waals surface area (Å²) in [6.45, 7) is 7.18. The smallest absolute Gasteiger partial charge is 0.462 e. The van der Waals surface area contributed by atoms with Crippen molar-refractivity contribution in [2.24, 2.45) is 5.92 Å². The van der Waals surface area contributed by atoms with E-state index >= 15 is 0 Å². The molecule has 0 aliphatic heterocycles. The number of esters is 4. The summed E-state index contributed by atoms with van der Waals surface area (Å²) in [5.41, 5.74) is 0. The summed E-state index contributed by atoms with van der Waals surface area (Å²) >= 11 is 0. The van der Waals surface area contributed by atoms with Gasteiger partial charge >= 0.3 is 39.5 Å². The molecule has 0 saturated heterocycles. The van der Waals surface area contributed by atoms with Crippen molar-refractivity contribution in [2.75, 3.05) is 39.6 Å². The van der Waals surface area contributed by atoms with Gasteiger partial charge in [0, 0.05) is 25.7 Å². The minimum absolute atomic E-state index is 0.105. The van der Waals surface area contributed by atoms with Crippen LogP contribution in [0.2, 0.25) is 0 Å². The molecule has 0 aromatic heterocycles. The molecule has 0 amide bonds. The first-order valence-electron chi connectivity index (χ1n) is 34.6. The molecule has 0 heterocycles. The lowest BCUT2D eigenvalue weighted by molar-refractivity contribution is -0.161. The molecule has 0 rings (SSSR count). The molecule has 0 fully saturated rings. The number of phosphoric acid groups is 2. The van der Waals surface area contributed by atoms with Gasteiger partial charge in [0.05, 0.1) is 26.4 Å². The minimum atomic E-state index is -4.95. The third-order valence-corrected chi connectivity index (χ3v) is 17.2. The van der Waals surface area contributed by atoms with Crippen LogP contribution < -0.4 is 0 Å². The molecular formula is C66H128O17P2. The molecule has 3 N–H and O–H groups in total. The number of rotatable bonds is 66. The molecule has 0 saturated carbocycles. The standard InChI is InChI=1S/C66H128O17P2/c1-6-9-12-15-18-21-22-24-28-31-36-40-45-50-64(69)77-56-62(83-66(71)52-47-42-37-32-29-26-23-25-27-30-33-38-43-48-59(4)5)58-81-85(74,75)79-54-60(67)53-78-84(72,73)80-57-61(82-65(70)51-46-41-35-20-17-14-11-8-3)55-76-63(68)49-44-39-34-19-16-13-10-7-2/h59-62,67H,6-58H2,1-5H3,(H,72,73)(H,74,75)/t60-,61+,62+/m0/s1. The number of aliphatic hydroxyl groups is 1. The van der Waals surface area contributed by atoms with Gasteiger partial charge in [-0.25, -0.2) is 9.13 Å². The first-order chi connectivity index (χ1) is 41.0. The predicted octanol–water partition coefficient (Wildman–Crippen LogP) is 18.6. The highest BCUT2D eigenvalue weighted by Gasteiger charge is 2.30. The Balaban J connectivity index is 5.19. The Morgan fingerprint density at radius 2 is 0.541 bits per heavy atom. The summed E-state index contributed by atoms with van der Waals surface area (Å²) in [7, 11) is -9.88. The zero-order valence-electron chi connectivity index (χ0n) is 54.7. The molecular weight excluding hydrogens is 1130 g/mol. The molecule has 85 heavy (non-hydrogen) atoms. The van der Waals surface area contributed by atoms with E-state index in [4.69, 9.17) is 37.0 Å². The van der Waals surface area contributed by atoms with Crippen LogP contribution in [0, 0.1) is 5.92 Å². The van der Waals surface area contributed by atoms with Crippen molar-refractivity contribution >= 4 is 39.5 Å². The number of carbonyl (C=O) groups excluding carboxylic acids is 4. The Labute approximate surface area is 517 Å². The van der Waals surface area contributed by atoms with Crippen molar-refractivity contribution in [3.63, 3.8) is 0 Å². The van der Waals surface area contributed by atoms with Crippen LogP contribution in [-0.4, -0.2) is 96.7 Å². The Morgan fingerprint density at radius 1 is 0.318 bits per heavy atom. The lowest BCUT2D eigenvalue weighted by atomic mass is 10.0. The van der Waals surface area contributed by atoms with Crippen molar-refractivity contribution in [1.82, 2.24) is 0 Å². The van der Waals surface area contributed by atoms with E-state index in [0.29, 0.717) is 25.7 Å². The number of hydrogen-bond donors (Lipinski definition) is 3. The lowest BCUT2D eigenvalue weighted by Gasteiger charge is -2.21. The largest absolute Gasteiger partial charge is 0.472 e. The van der Waals surface area contributed by atoms with E-state index in [1.54, 1.807) is 0 Å². The van der Waals surface area contributed by atoms with Gasteiger partial charge in [0.2, 0.25) is 0 Å². The van der Waals surface area contributed by atoms with Gasteiger partial charge in [0.1, 0.15) is 19.3 Å². The highest BCUT2D eigenvalue weighted by atomic mass is 31.2. The second-order valence-electron chi connectivity index (χ2n) is 24.3. The molecule has 2 unspecified atom stereocenters. The van der Waals surface area contributed by atoms with Gasteiger partial charge in [-0.2, -0.15) is 0 Å². The van der Waals surface area contributed by atoms with Gasteiger partial charge in [0.25, 0.3) is 0 Å². The van der Waals surface area contributed by atoms with Crippen LogP contribution in [-0.2, 0) is 65.4 Å². The molecule has 17 nitrogen and oxygen atoms in total. The fourth-order valence-corrected chi connectivity index (χ4v) is 11.5. The van der Waals surface area contributed by atoms with Gasteiger partial charge in [-0.3, -0.25) is 37.3 Å². The van der Waals surface area contributed by atoms with Crippen LogP contribution in [0.3, 0.4) is 0 Å². The molecule has 504 valence electrons. The number of hydrogen-bond acceptors (Lipinski definition) is 15. The summed E-state index contributed by atoms with van der Waals surface area (Å²) < 4.78 is 68.0. The van der Waals surface area contributed by atoms with Gasteiger partial charge in [-0.1, -0.05) is 285 Å². The summed E-state index contributed by atoms with van der Waals surface area (Å²) in [5, 5.41) is 10.5. The zero-order valence-corrected chi connectivity index (χ0v) is 56.5. The van der Waals surface area contributed by atoms with Crippen LogP contribution in [0.4, 0.5) is 0 Å². The second-order valence-corrected chi connectivity index (χ2v) is 27.2. The lowest BCUT2D eigenvalue weighted by Crippen LogP contribution is -2.30. The van der Waals surface area contributed by atoms with Gasteiger partial charge in [0.15, 0.2) is 12.2 Å². The summed E-state index contributed by atoms with van der Waals surface area (Å²) in [5.74, 6) is -1.35. The summed E-state index contributed by atoms with van der Waals surface area (Å²) in [4.78, 5) is 72.2. The van der Waals surface area contributed by atoms with E-state index in [-0.39, 0.29) is 25.7 Å². The molecule has 0 bridgehead atoms. The molecule has 0 aliphatic rings. The third kappa shape index (κ3) is 60.7. The maximum Gasteiger partial charge on any atom is 0.472 e. The highest BCUT2D eigenvalue weighted by Crippen LogP contribution is 2.45. The van der Waals surface area contributed by atoms with Crippen molar-refractivity contribution in [3.05, 3.63) is 0 Å². The number of carbonyl (C=O) groups is 4. The van der Waals surface area contributed by atoms with Crippen molar-refractivity contribution in [3.8, 4) is 0 Å². The monoisotopic (exact) mass is 1250 g/mol. The van der Waals surface area contributed by atoms with Crippen molar-refractivity contribution in [1.29, 1.82) is 0 Å². The van der Waals surface area contributed by atoms with Crippen LogP contribution in [0.1, 0.15) is 336 Å². The van der Waals surface area contributed by atoms with Crippen molar-refractivity contribution in [2.45, 2.75) is 355 Å². The first-order valence-corrected chi connectivity index (χ1v) is 37.6. The number of ether oxygens (including phenoxy) is 4. The van der Waals surface area contributed by atoms with E-state index in [0.717, 1.165) is 109 Å². The average Bonchev–Trinajstić information content (AvgIpc) is 3.55. The van der Waals surface area contributed by atoms with E-state index < -0.39 is 97.5 Å². The fraction of sp³-hybridized carbons (Fsp3) is 0.939. The molecule has 5 atom stereocenters. The highest BCUT2D eigenvalue weighted by molar-refractivity contribution is 7.47. The van der Waals surface area contributed by atoms with Crippen LogP contribution in [0.25, 0.3) is 0 Å². The number of unbranched alkanes of at least 4 members (excludes halogenated alkanes) is 38. The Bertz CT molecular complexity index is 1650. The fourth-order valence-electron chi connectivity index (χ4n) is 9.94. The van der Waals surface area contributed by atoms with Crippen LogP contribution in [0.15, 0.2) is 0 Å². The maximum atomic E-state index is 13.0. The molecule has 0 aromatic rings. The maximum absolute atomic E-state index is 13.0. The van der Waals surface area contributed by atoms with Gasteiger partial charge in [-0.05, 0) is 31.6 Å². The van der Waals surface area contributed by atoms with E-state index in [9.17, 15) is 43.2 Å². The van der Waals surface area contributed by atoms with E-state index in [1.165, 1.54) is 148 Å². The number of phosphoric ester groups is 2. The predicted molar refractivity (Wildman–Crippen MR) is 340 cm³/mol. The van der Waals surface area contributed by atoms with Crippen molar-refractivity contribution < 1.29 is 80.2 Å². The van der Waals surface area contributed by atoms with E-state index in [2.05, 4.69) is 34.6 Å². The van der Waals surface area contributed by atoms with Crippen LogP contribution in [0.5, 0.6) is 0 Å². The Hall–Kier alpha value is -1.94. The SMILES string of the molecule is CCCCCCCCCCCCCCCC(=O)OC[C@H](COP(=O)(O)OC[C@@H](O)COP(=O)(O)OC[C@@H](COC(=O)CCCCCCCCCC)OC(=O)CCCCCCCCCC)OC(=O)CCCCCCCCCCCCCCCC(C)C. The molecule has 0 aromatic carbocycles. The second kappa shape index (κ2) is 59.7. The van der Waals surface area contributed by atoms with Gasteiger partial charge in [-0.15, -0.1) is 0 Å². The first kappa shape index (κ1) is 83.1. The molecule has 0 aliphatic carbocycles. The van der Waals surface area contributed by atoms with Gasteiger partial charge < -0.3 is 33.8 Å². The molecule has 0 spiro atoms. The van der Waals surface area contributed by atoms with E-state index in [1.807, 2.05) is 0 Å². The van der Waals surface area contributed by atoms with Crippen LogP contribution >= 0.6 is 15.6 Å². The Morgan fingerprint density at radius 3 is 0.800 bits per heavy atom. The molecule has 19 heteroatoms. The topological polar surface area (TPSA) is 237 Å². The molecule has 0 radical (unpaired) electrons. The summed E-state index contributed by atoms with van der Waals surface area (Å²) in [6, 6.07) is 0. The normalized spacial score (nSPS) is 14.2.